The van der Waals surface area contributed by atoms with E-state index in [9.17, 15) is 9.18 Å². The van der Waals surface area contributed by atoms with Gasteiger partial charge in [0.05, 0.1) is 0 Å². The van der Waals surface area contributed by atoms with Crippen molar-refractivity contribution in [1.82, 2.24) is 4.90 Å². The van der Waals surface area contributed by atoms with Crippen LogP contribution in [0.2, 0.25) is 0 Å². The van der Waals surface area contributed by atoms with Crippen molar-refractivity contribution < 1.29 is 13.6 Å². The summed E-state index contributed by atoms with van der Waals surface area (Å²) in [6, 6.07) is 17.3. The highest BCUT2D eigenvalue weighted by Crippen LogP contribution is 2.23. The maximum Gasteiger partial charge on any atom is 0.289 e. The molecule has 0 aliphatic heterocycles. The number of furan rings is 1. The molecule has 0 aliphatic rings. The molecule has 3 nitrogen and oxygen atoms in total. The maximum atomic E-state index is 13.0. The smallest absolute Gasteiger partial charge is 0.289 e. The highest BCUT2D eigenvalue weighted by atomic mass is 19.1. The molecule has 2 aromatic carbocycles. The van der Waals surface area contributed by atoms with Crippen LogP contribution >= 0.6 is 0 Å². The second-order valence-corrected chi connectivity index (χ2v) is 5.76. The third kappa shape index (κ3) is 3.38. The Morgan fingerprint density at radius 3 is 2.46 bits per heavy atom. The minimum atomic E-state index is -0.306. The summed E-state index contributed by atoms with van der Waals surface area (Å²) in [7, 11) is 1.74. The van der Waals surface area contributed by atoms with Gasteiger partial charge in [0, 0.05) is 19.2 Å². The van der Waals surface area contributed by atoms with Crippen LogP contribution in [0.3, 0.4) is 0 Å². The number of halogens is 1. The molecule has 1 amide bonds. The van der Waals surface area contributed by atoms with Gasteiger partial charge < -0.3 is 9.32 Å². The fraction of sp³-hybridized carbons (Fsp3) is 0.150. The van der Waals surface area contributed by atoms with E-state index in [0.717, 1.165) is 16.7 Å². The molecule has 24 heavy (non-hydrogen) atoms. The van der Waals surface area contributed by atoms with Crippen molar-refractivity contribution in [3.8, 4) is 11.3 Å². The lowest BCUT2D eigenvalue weighted by Gasteiger charge is -2.17. The number of amides is 1. The van der Waals surface area contributed by atoms with E-state index >= 15 is 0 Å². The van der Waals surface area contributed by atoms with Crippen LogP contribution < -0.4 is 0 Å². The highest BCUT2D eigenvalue weighted by molar-refractivity contribution is 5.91. The van der Waals surface area contributed by atoms with E-state index in [1.165, 1.54) is 12.1 Å². The van der Waals surface area contributed by atoms with Crippen LogP contribution in [0.4, 0.5) is 4.39 Å². The monoisotopic (exact) mass is 323 g/mol. The second-order valence-electron chi connectivity index (χ2n) is 5.76. The topological polar surface area (TPSA) is 33.5 Å². The average Bonchev–Trinajstić information content (AvgIpc) is 3.07. The number of benzene rings is 2. The Morgan fingerprint density at radius 2 is 1.75 bits per heavy atom. The fourth-order valence-electron chi connectivity index (χ4n) is 2.53. The van der Waals surface area contributed by atoms with Gasteiger partial charge in [-0.2, -0.15) is 0 Å². The second kappa shape index (κ2) is 6.71. The van der Waals surface area contributed by atoms with Crippen LogP contribution in [-0.4, -0.2) is 17.9 Å². The first kappa shape index (κ1) is 16.0. The van der Waals surface area contributed by atoms with Crippen molar-refractivity contribution >= 4 is 5.91 Å². The van der Waals surface area contributed by atoms with Gasteiger partial charge in [0.25, 0.3) is 5.91 Å². The lowest BCUT2D eigenvalue weighted by atomic mass is 10.1. The maximum absolute atomic E-state index is 13.0. The van der Waals surface area contributed by atoms with Gasteiger partial charge in [0.1, 0.15) is 11.6 Å². The van der Waals surface area contributed by atoms with Crippen molar-refractivity contribution in [2.24, 2.45) is 0 Å². The van der Waals surface area contributed by atoms with Crippen molar-refractivity contribution in [2.45, 2.75) is 13.5 Å². The normalized spacial score (nSPS) is 10.6. The Labute approximate surface area is 140 Å². The molecule has 4 heteroatoms. The van der Waals surface area contributed by atoms with Crippen LogP contribution in [0, 0.1) is 12.7 Å². The Hall–Kier alpha value is -2.88. The number of aryl methyl sites for hydroxylation is 1. The summed E-state index contributed by atoms with van der Waals surface area (Å²) in [5, 5.41) is 0. The first-order chi connectivity index (χ1) is 11.5. The first-order valence-corrected chi connectivity index (χ1v) is 7.70. The standard InChI is InChI=1S/C20H18FNO2/c1-14-5-3-4-6-16(14)13-22(2)20(23)19-12-11-18(24-19)15-7-9-17(21)10-8-15/h3-12H,13H2,1-2H3. The van der Waals surface area contributed by atoms with Crippen LogP contribution in [0.15, 0.2) is 65.1 Å². The van der Waals surface area contributed by atoms with E-state index in [1.54, 1.807) is 36.2 Å². The largest absolute Gasteiger partial charge is 0.451 e. The molecule has 0 radical (unpaired) electrons. The predicted molar refractivity (Wildman–Crippen MR) is 91.1 cm³/mol. The Morgan fingerprint density at radius 1 is 1.04 bits per heavy atom. The van der Waals surface area contributed by atoms with Crippen LogP contribution in [0.25, 0.3) is 11.3 Å². The van der Waals surface area contributed by atoms with Gasteiger partial charge in [-0.3, -0.25) is 4.79 Å². The molecule has 122 valence electrons. The Kier molecular flexibility index (Phi) is 4.47. The molecule has 0 bridgehead atoms. The summed E-state index contributed by atoms with van der Waals surface area (Å²) in [6.45, 7) is 2.53. The molecule has 0 saturated carbocycles. The van der Waals surface area contributed by atoms with E-state index in [-0.39, 0.29) is 17.5 Å². The molecule has 0 spiro atoms. The first-order valence-electron chi connectivity index (χ1n) is 7.70. The summed E-state index contributed by atoms with van der Waals surface area (Å²) < 4.78 is 18.6. The van der Waals surface area contributed by atoms with Gasteiger partial charge in [-0.15, -0.1) is 0 Å². The third-order valence-electron chi connectivity index (χ3n) is 3.96. The van der Waals surface area contributed by atoms with Crippen LogP contribution in [0.5, 0.6) is 0 Å². The van der Waals surface area contributed by atoms with E-state index in [4.69, 9.17) is 4.42 Å². The van der Waals surface area contributed by atoms with Crippen LogP contribution in [0.1, 0.15) is 21.7 Å². The molecule has 0 saturated heterocycles. The average molecular weight is 323 g/mol. The van der Waals surface area contributed by atoms with Crippen molar-refractivity contribution in [1.29, 1.82) is 0 Å². The van der Waals surface area contributed by atoms with Crippen molar-refractivity contribution in [2.75, 3.05) is 7.05 Å². The zero-order valence-corrected chi connectivity index (χ0v) is 13.6. The summed E-state index contributed by atoms with van der Waals surface area (Å²) in [5.74, 6) is 0.319. The van der Waals surface area contributed by atoms with Gasteiger partial charge in [0.2, 0.25) is 0 Å². The summed E-state index contributed by atoms with van der Waals surface area (Å²) in [6.07, 6.45) is 0. The van der Waals surface area contributed by atoms with E-state index in [1.807, 2.05) is 31.2 Å². The number of hydrogen-bond donors (Lipinski definition) is 0. The summed E-state index contributed by atoms with van der Waals surface area (Å²) >= 11 is 0. The quantitative estimate of drug-likeness (QED) is 0.699. The Bertz CT molecular complexity index is 852. The zero-order valence-electron chi connectivity index (χ0n) is 13.6. The molecule has 0 N–H and O–H groups in total. The number of rotatable bonds is 4. The van der Waals surface area contributed by atoms with E-state index < -0.39 is 0 Å². The fourth-order valence-corrected chi connectivity index (χ4v) is 2.53. The molecule has 0 atom stereocenters. The predicted octanol–water partition coefficient (Wildman–Crippen LogP) is 4.67. The molecule has 0 aliphatic carbocycles. The molecule has 3 rings (SSSR count). The Balaban J connectivity index is 1.75. The number of nitrogens with zero attached hydrogens (tertiary/aromatic N) is 1. The lowest BCUT2D eigenvalue weighted by Crippen LogP contribution is -2.26. The van der Waals surface area contributed by atoms with Gasteiger partial charge in [-0.1, -0.05) is 24.3 Å². The van der Waals surface area contributed by atoms with Crippen LogP contribution in [-0.2, 0) is 6.54 Å². The molecule has 3 aromatic rings. The van der Waals surface area contributed by atoms with Gasteiger partial charge >= 0.3 is 0 Å². The molecular formula is C20H18FNO2. The molecule has 1 aromatic heterocycles. The summed E-state index contributed by atoms with van der Waals surface area (Å²) in [4.78, 5) is 14.2. The SMILES string of the molecule is Cc1ccccc1CN(C)C(=O)c1ccc(-c2ccc(F)cc2)o1. The molecule has 0 unspecified atom stereocenters. The minimum absolute atomic E-state index is 0.188. The summed E-state index contributed by atoms with van der Waals surface area (Å²) in [5.41, 5.74) is 2.97. The van der Waals surface area contributed by atoms with Gasteiger partial charge in [0.15, 0.2) is 5.76 Å². The van der Waals surface area contributed by atoms with Gasteiger partial charge in [-0.05, 0) is 54.4 Å². The van der Waals surface area contributed by atoms with Crippen molar-refractivity contribution in [3.63, 3.8) is 0 Å². The number of carbonyl (C=O) groups excluding carboxylic acids is 1. The third-order valence-corrected chi connectivity index (χ3v) is 3.96. The van der Waals surface area contributed by atoms with E-state index in [0.29, 0.717) is 12.3 Å². The van der Waals surface area contributed by atoms with Crippen molar-refractivity contribution in [3.05, 3.63) is 83.4 Å². The molecule has 0 fully saturated rings. The molecule has 1 heterocycles. The van der Waals surface area contributed by atoms with Gasteiger partial charge in [-0.25, -0.2) is 4.39 Å². The zero-order chi connectivity index (χ0) is 17.1. The number of carbonyl (C=O) groups is 1. The highest BCUT2D eigenvalue weighted by Gasteiger charge is 2.17. The number of hydrogen-bond acceptors (Lipinski definition) is 2. The molecular weight excluding hydrogens is 305 g/mol. The lowest BCUT2D eigenvalue weighted by molar-refractivity contribution is 0.0754. The minimum Gasteiger partial charge on any atom is -0.451 e. The van der Waals surface area contributed by atoms with E-state index in [2.05, 4.69) is 0 Å².